The van der Waals surface area contributed by atoms with Gasteiger partial charge in [-0.2, -0.15) is 26.3 Å². The molecular weight excluding hydrogens is 632 g/mol. The molecule has 0 bridgehead atoms. The topological polar surface area (TPSA) is 92.2 Å². The third-order valence-electron chi connectivity index (χ3n) is 8.78. The van der Waals surface area contributed by atoms with Crippen molar-refractivity contribution in [2.24, 2.45) is 0 Å². The number of aryl methyl sites for hydroxylation is 1. The van der Waals surface area contributed by atoms with Gasteiger partial charge in [0.1, 0.15) is 17.7 Å². The number of benzene rings is 2. The first kappa shape index (κ1) is 33.9. The molecule has 2 atom stereocenters. The van der Waals surface area contributed by atoms with Crippen LogP contribution in [0.3, 0.4) is 0 Å². The van der Waals surface area contributed by atoms with E-state index in [1.54, 1.807) is 12.1 Å². The number of amides is 1. The maximum atomic E-state index is 13.6. The Bertz CT molecular complexity index is 1670. The molecule has 1 amide bonds. The lowest BCUT2D eigenvalue weighted by Gasteiger charge is -2.35. The monoisotopic (exact) mass is 665 g/mol. The van der Waals surface area contributed by atoms with Crippen LogP contribution >= 0.6 is 0 Å². The van der Waals surface area contributed by atoms with Gasteiger partial charge in [-0.3, -0.25) is 9.69 Å². The predicted octanol–water partition coefficient (Wildman–Crippen LogP) is 7.51. The van der Waals surface area contributed by atoms with Gasteiger partial charge in [0.25, 0.3) is 0 Å². The molecule has 3 aromatic rings. The summed E-state index contributed by atoms with van der Waals surface area (Å²) in [5, 5.41) is 11.0. The Kier molecular flexibility index (Phi) is 9.08. The number of anilines is 1. The highest BCUT2D eigenvalue weighted by atomic mass is 19.4. The van der Waals surface area contributed by atoms with Crippen LogP contribution in [0.1, 0.15) is 64.9 Å². The Balaban J connectivity index is 1.57. The number of hydrogen-bond acceptors (Lipinski definition) is 7. The number of halogens is 6. The number of aromatic nitrogens is 1. The molecule has 252 valence electrons. The SMILES string of the molecule is COC(=O)CCc1ccc(O)c(-c2c(CN3C(=O)O[C@H](c4cc(C(F)(F)F)cc(C(F)(F)F)c4)[C@@H]3C)nc(N3CCC3)c(C)c2C)c1. The molecule has 5 rings (SSSR count). The maximum Gasteiger partial charge on any atom is 0.416 e. The van der Waals surface area contributed by atoms with Crippen molar-refractivity contribution in [3.8, 4) is 16.9 Å². The molecular formula is C33H33F6N3O5. The van der Waals surface area contributed by atoms with E-state index in [0.717, 1.165) is 36.2 Å². The number of esters is 1. The molecule has 14 heteroatoms. The van der Waals surface area contributed by atoms with E-state index in [9.17, 15) is 41.0 Å². The summed E-state index contributed by atoms with van der Waals surface area (Å²) in [7, 11) is 1.28. The van der Waals surface area contributed by atoms with Crippen molar-refractivity contribution >= 4 is 17.9 Å². The van der Waals surface area contributed by atoms with E-state index in [2.05, 4.69) is 4.90 Å². The lowest BCUT2D eigenvalue weighted by atomic mass is 9.92. The second-order valence-electron chi connectivity index (χ2n) is 11.8. The largest absolute Gasteiger partial charge is 0.507 e. The van der Waals surface area contributed by atoms with Gasteiger partial charge in [-0.05, 0) is 86.2 Å². The van der Waals surface area contributed by atoms with Crippen LogP contribution in [0.15, 0.2) is 36.4 Å². The fourth-order valence-electron chi connectivity index (χ4n) is 5.90. The third kappa shape index (κ3) is 6.82. The number of phenols is 1. The van der Waals surface area contributed by atoms with Gasteiger partial charge in [0, 0.05) is 30.6 Å². The fraction of sp³-hybridized carbons (Fsp3) is 0.424. The van der Waals surface area contributed by atoms with Crippen molar-refractivity contribution in [2.75, 3.05) is 25.1 Å². The maximum absolute atomic E-state index is 13.6. The normalized spacial score (nSPS) is 18.3. The highest BCUT2D eigenvalue weighted by Gasteiger charge is 2.44. The number of alkyl halides is 6. The molecule has 2 aliphatic heterocycles. The van der Waals surface area contributed by atoms with Crippen LogP contribution in [-0.2, 0) is 39.6 Å². The number of hydrogen-bond donors (Lipinski definition) is 1. The zero-order valence-corrected chi connectivity index (χ0v) is 26.1. The summed E-state index contributed by atoms with van der Waals surface area (Å²) in [5.41, 5.74) is 0.0787. The zero-order valence-electron chi connectivity index (χ0n) is 26.1. The van der Waals surface area contributed by atoms with Crippen molar-refractivity contribution in [2.45, 2.75) is 71.1 Å². The fourth-order valence-corrected chi connectivity index (χ4v) is 5.90. The highest BCUT2D eigenvalue weighted by Crippen LogP contribution is 2.43. The second-order valence-corrected chi connectivity index (χ2v) is 11.8. The van der Waals surface area contributed by atoms with E-state index in [0.29, 0.717) is 41.2 Å². The Morgan fingerprint density at radius 2 is 1.66 bits per heavy atom. The molecule has 0 spiro atoms. The Morgan fingerprint density at radius 3 is 2.21 bits per heavy atom. The highest BCUT2D eigenvalue weighted by molar-refractivity contribution is 5.80. The first-order valence-corrected chi connectivity index (χ1v) is 14.9. The van der Waals surface area contributed by atoms with Gasteiger partial charge in [-0.15, -0.1) is 0 Å². The summed E-state index contributed by atoms with van der Waals surface area (Å²) < 4.78 is 91.8. The van der Waals surface area contributed by atoms with Crippen LogP contribution in [-0.4, -0.2) is 53.3 Å². The Hall–Kier alpha value is -4.49. The van der Waals surface area contributed by atoms with Gasteiger partial charge in [0.2, 0.25) is 0 Å². The van der Waals surface area contributed by atoms with E-state index in [4.69, 9.17) is 14.5 Å². The molecule has 2 fully saturated rings. The van der Waals surface area contributed by atoms with Crippen LogP contribution in [0, 0.1) is 13.8 Å². The predicted molar refractivity (Wildman–Crippen MR) is 159 cm³/mol. The van der Waals surface area contributed by atoms with E-state index < -0.39 is 53.3 Å². The number of ether oxygens (including phenoxy) is 2. The number of carbonyl (C=O) groups is 2. The van der Waals surface area contributed by atoms with Crippen molar-refractivity contribution in [1.29, 1.82) is 0 Å². The molecule has 1 N–H and O–H groups in total. The molecule has 8 nitrogen and oxygen atoms in total. The third-order valence-corrected chi connectivity index (χ3v) is 8.78. The number of aromatic hydroxyl groups is 1. The first-order valence-electron chi connectivity index (χ1n) is 14.9. The van der Waals surface area contributed by atoms with Crippen LogP contribution in [0.5, 0.6) is 5.75 Å². The molecule has 1 aromatic heterocycles. The average molecular weight is 666 g/mol. The quantitative estimate of drug-likeness (QED) is 0.197. The van der Waals surface area contributed by atoms with Crippen LogP contribution in [0.4, 0.5) is 37.0 Å². The number of cyclic esters (lactones) is 1. The number of pyridine rings is 1. The molecule has 47 heavy (non-hydrogen) atoms. The van der Waals surface area contributed by atoms with Crippen LogP contribution < -0.4 is 4.90 Å². The first-order chi connectivity index (χ1) is 22.0. The van der Waals surface area contributed by atoms with Gasteiger partial charge < -0.3 is 19.5 Å². The minimum Gasteiger partial charge on any atom is -0.507 e. The number of rotatable bonds is 8. The van der Waals surface area contributed by atoms with E-state index in [1.807, 2.05) is 13.8 Å². The molecule has 0 unspecified atom stereocenters. The van der Waals surface area contributed by atoms with Crippen LogP contribution in [0.2, 0.25) is 0 Å². The van der Waals surface area contributed by atoms with Crippen molar-refractivity contribution in [3.05, 3.63) is 75.5 Å². The zero-order chi connectivity index (χ0) is 34.4. The summed E-state index contributed by atoms with van der Waals surface area (Å²) in [6, 6.07) is 5.02. The van der Waals surface area contributed by atoms with Crippen molar-refractivity contribution in [1.82, 2.24) is 9.88 Å². The van der Waals surface area contributed by atoms with E-state index in [-0.39, 0.29) is 24.8 Å². The van der Waals surface area contributed by atoms with Gasteiger partial charge >= 0.3 is 24.4 Å². The minimum atomic E-state index is -5.07. The molecule has 2 aromatic carbocycles. The standard InChI is InChI=1S/C33H33F6N3O5/c1-17-18(2)30(41-10-5-11-41)40-25(28(17)24-12-20(6-8-26(24)43)7-9-27(44)46-4)16-42-19(3)29(47-31(42)45)21-13-22(32(34,35)36)15-23(14-21)33(37,38)39/h6,8,12-15,19,29,43H,5,7,9-11,16H2,1-4H3/t19-,29-/m0/s1. The second kappa shape index (κ2) is 12.6. The summed E-state index contributed by atoms with van der Waals surface area (Å²) in [6.07, 6.45) is -11.1. The molecule has 2 aliphatic rings. The number of carbonyl (C=O) groups excluding carboxylic acids is 2. The summed E-state index contributed by atoms with van der Waals surface area (Å²) in [5.74, 6) is 0.165. The molecule has 0 saturated carbocycles. The van der Waals surface area contributed by atoms with Crippen LogP contribution in [0.25, 0.3) is 11.1 Å². The summed E-state index contributed by atoms with van der Waals surface area (Å²) in [6.45, 7) is 6.49. The van der Waals surface area contributed by atoms with Crippen molar-refractivity contribution in [3.63, 3.8) is 0 Å². The lowest BCUT2D eigenvalue weighted by molar-refractivity contribution is -0.143. The Labute approximate surface area is 266 Å². The number of phenolic OH excluding ortho intramolecular Hbond substituents is 1. The number of nitrogens with zero attached hydrogens (tertiary/aromatic N) is 3. The van der Waals surface area contributed by atoms with Gasteiger partial charge in [0.05, 0.1) is 36.5 Å². The molecule has 2 saturated heterocycles. The smallest absolute Gasteiger partial charge is 0.416 e. The molecule has 0 radical (unpaired) electrons. The van der Waals surface area contributed by atoms with Gasteiger partial charge in [0.15, 0.2) is 0 Å². The number of methoxy groups -OCH3 is 1. The summed E-state index contributed by atoms with van der Waals surface area (Å²) >= 11 is 0. The lowest BCUT2D eigenvalue weighted by Crippen LogP contribution is -2.39. The van der Waals surface area contributed by atoms with Crippen molar-refractivity contribution < 1.29 is 50.5 Å². The van der Waals surface area contributed by atoms with Gasteiger partial charge in [-0.1, -0.05) is 6.07 Å². The van der Waals surface area contributed by atoms with E-state index in [1.165, 1.54) is 25.0 Å². The van der Waals surface area contributed by atoms with Gasteiger partial charge in [-0.25, -0.2) is 9.78 Å². The molecule has 3 heterocycles. The minimum absolute atomic E-state index is 0.0249. The summed E-state index contributed by atoms with van der Waals surface area (Å²) in [4.78, 5) is 33.2. The molecule has 0 aliphatic carbocycles. The Morgan fingerprint density at radius 1 is 1.02 bits per heavy atom. The van der Waals surface area contributed by atoms with E-state index >= 15 is 0 Å². The average Bonchev–Trinajstić information content (AvgIpc) is 3.26.